The fraction of sp³-hybridized carbons (Fsp3) is 0.154. The third-order valence-corrected chi connectivity index (χ3v) is 3.47. The molecule has 104 valence electrons. The molecule has 2 rings (SSSR count). The molecular formula is C13H11Cl2N3O2. The molecule has 0 amide bonds. The van der Waals surface area contributed by atoms with Gasteiger partial charge in [0.1, 0.15) is 0 Å². The fourth-order valence-corrected chi connectivity index (χ4v) is 2.13. The zero-order valence-electron chi connectivity index (χ0n) is 10.6. The van der Waals surface area contributed by atoms with Crippen LogP contribution in [0.3, 0.4) is 0 Å². The second-order valence-electron chi connectivity index (χ2n) is 4.21. The highest BCUT2D eigenvalue weighted by molar-refractivity contribution is 6.42. The van der Waals surface area contributed by atoms with E-state index < -0.39 is 4.92 Å². The van der Waals surface area contributed by atoms with Crippen LogP contribution in [-0.4, -0.2) is 17.0 Å². The summed E-state index contributed by atoms with van der Waals surface area (Å²) >= 11 is 11.8. The van der Waals surface area contributed by atoms with Crippen molar-refractivity contribution in [2.45, 2.75) is 6.54 Å². The molecule has 0 aliphatic carbocycles. The molecule has 0 radical (unpaired) electrons. The number of pyridine rings is 1. The summed E-state index contributed by atoms with van der Waals surface area (Å²) in [6.45, 7) is 0.439. The molecule has 0 saturated heterocycles. The summed E-state index contributed by atoms with van der Waals surface area (Å²) in [6.07, 6.45) is 1.52. The Kier molecular flexibility index (Phi) is 4.42. The number of hydrogen-bond donors (Lipinski definition) is 0. The molecule has 1 heterocycles. The largest absolute Gasteiger partial charge is 0.350 e. The minimum absolute atomic E-state index is 0.0324. The minimum Gasteiger partial charge on any atom is -0.350 e. The maximum absolute atomic E-state index is 11.0. The van der Waals surface area contributed by atoms with Crippen LogP contribution >= 0.6 is 23.2 Å². The Hall–Kier alpha value is -1.85. The van der Waals surface area contributed by atoms with Gasteiger partial charge in [0.25, 0.3) is 0 Å². The Bertz CT molecular complexity index is 649. The average Bonchev–Trinajstić information content (AvgIpc) is 2.43. The summed E-state index contributed by atoms with van der Waals surface area (Å²) < 4.78 is 0. The SMILES string of the molecule is CN(Cc1ccc(Cl)c(Cl)c1)c1ncccc1[N+](=O)[O-]. The van der Waals surface area contributed by atoms with Crippen LogP contribution in [0.15, 0.2) is 36.5 Å². The van der Waals surface area contributed by atoms with Gasteiger partial charge in [-0.05, 0) is 23.8 Å². The molecule has 0 fully saturated rings. The van der Waals surface area contributed by atoms with Crippen molar-refractivity contribution in [2.75, 3.05) is 11.9 Å². The van der Waals surface area contributed by atoms with Crippen LogP contribution < -0.4 is 4.90 Å². The van der Waals surface area contributed by atoms with Gasteiger partial charge in [0.2, 0.25) is 5.82 Å². The summed E-state index contributed by atoms with van der Waals surface area (Å²) in [5, 5.41) is 11.9. The van der Waals surface area contributed by atoms with Crippen LogP contribution in [0.5, 0.6) is 0 Å². The van der Waals surface area contributed by atoms with Gasteiger partial charge in [0.15, 0.2) is 0 Å². The van der Waals surface area contributed by atoms with E-state index in [2.05, 4.69) is 4.98 Å². The molecule has 0 saturated carbocycles. The van der Waals surface area contributed by atoms with Crippen LogP contribution in [0.25, 0.3) is 0 Å². The van der Waals surface area contributed by atoms with Gasteiger partial charge in [-0.25, -0.2) is 4.98 Å². The number of anilines is 1. The standard InChI is InChI=1S/C13H11Cl2N3O2/c1-17(8-9-4-5-10(14)11(15)7-9)13-12(18(19)20)3-2-6-16-13/h2-7H,8H2,1H3. The Morgan fingerprint density at radius 1 is 1.30 bits per heavy atom. The topological polar surface area (TPSA) is 59.3 Å². The van der Waals surface area contributed by atoms with Crippen LogP contribution in [0.2, 0.25) is 10.0 Å². The third-order valence-electron chi connectivity index (χ3n) is 2.73. The number of aromatic nitrogens is 1. The van der Waals surface area contributed by atoms with Crippen LogP contribution in [0.4, 0.5) is 11.5 Å². The molecule has 0 aliphatic rings. The maximum atomic E-state index is 11.0. The second-order valence-corrected chi connectivity index (χ2v) is 5.02. The van der Waals surface area contributed by atoms with Crippen molar-refractivity contribution in [2.24, 2.45) is 0 Å². The molecule has 7 heteroatoms. The van der Waals surface area contributed by atoms with Gasteiger partial charge in [0, 0.05) is 25.9 Å². The number of halogens is 2. The highest BCUT2D eigenvalue weighted by Crippen LogP contribution is 2.27. The van der Waals surface area contributed by atoms with Gasteiger partial charge in [-0.1, -0.05) is 29.3 Å². The van der Waals surface area contributed by atoms with Gasteiger partial charge in [-0.3, -0.25) is 10.1 Å². The molecule has 1 aromatic carbocycles. The molecule has 0 bridgehead atoms. The van der Waals surface area contributed by atoms with Crippen LogP contribution in [0.1, 0.15) is 5.56 Å². The fourth-order valence-electron chi connectivity index (χ4n) is 1.81. The van der Waals surface area contributed by atoms with Gasteiger partial charge in [0.05, 0.1) is 15.0 Å². The van der Waals surface area contributed by atoms with Crippen molar-refractivity contribution in [1.29, 1.82) is 0 Å². The lowest BCUT2D eigenvalue weighted by Crippen LogP contribution is -2.19. The molecule has 0 atom stereocenters. The summed E-state index contributed by atoms with van der Waals surface area (Å²) in [5.74, 6) is 0.309. The van der Waals surface area contributed by atoms with E-state index in [1.807, 2.05) is 6.07 Å². The monoisotopic (exact) mass is 311 g/mol. The first kappa shape index (κ1) is 14.6. The zero-order valence-corrected chi connectivity index (χ0v) is 12.1. The van der Waals surface area contributed by atoms with Crippen molar-refractivity contribution in [1.82, 2.24) is 4.98 Å². The summed E-state index contributed by atoms with van der Waals surface area (Å²) in [7, 11) is 1.73. The first-order valence-electron chi connectivity index (χ1n) is 5.73. The molecule has 2 aromatic rings. The van der Waals surface area contributed by atoms with Gasteiger partial charge >= 0.3 is 5.69 Å². The maximum Gasteiger partial charge on any atom is 0.311 e. The average molecular weight is 312 g/mol. The van der Waals surface area contributed by atoms with Crippen LogP contribution in [-0.2, 0) is 6.54 Å². The number of benzene rings is 1. The van der Waals surface area contributed by atoms with Crippen molar-refractivity contribution in [3.8, 4) is 0 Å². The van der Waals surface area contributed by atoms with E-state index in [1.54, 1.807) is 24.1 Å². The van der Waals surface area contributed by atoms with Crippen LogP contribution in [0, 0.1) is 10.1 Å². The molecule has 5 nitrogen and oxygen atoms in total. The number of nitro groups is 1. The smallest absolute Gasteiger partial charge is 0.311 e. The van der Waals surface area contributed by atoms with Crippen molar-refractivity contribution in [3.63, 3.8) is 0 Å². The van der Waals surface area contributed by atoms with Gasteiger partial charge in [-0.15, -0.1) is 0 Å². The highest BCUT2D eigenvalue weighted by Gasteiger charge is 2.18. The summed E-state index contributed by atoms with van der Waals surface area (Å²) in [4.78, 5) is 16.3. The van der Waals surface area contributed by atoms with Crippen molar-refractivity contribution < 1.29 is 4.92 Å². The lowest BCUT2D eigenvalue weighted by molar-refractivity contribution is -0.384. The lowest BCUT2D eigenvalue weighted by Gasteiger charge is -2.18. The first-order chi connectivity index (χ1) is 9.49. The number of nitrogens with zero attached hydrogens (tertiary/aromatic N) is 3. The van der Waals surface area contributed by atoms with E-state index in [4.69, 9.17) is 23.2 Å². The molecule has 1 aromatic heterocycles. The van der Waals surface area contributed by atoms with Crippen molar-refractivity contribution >= 4 is 34.7 Å². The molecule has 0 aliphatic heterocycles. The van der Waals surface area contributed by atoms with Crippen molar-refractivity contribution in [3.05, 3.63) is 62.3 Å². The van der Waals surface area contributed by atoms with E-state index in [9.17, 15) is 10.1 Å². The Morgan fingerprint density at radius 3 is 2.70 bits per heavy atom. The quantitative estimate of drug-likeness (QED) is 0.634. The van der Waals surface area contributed by atoms with E-state index in [0.717, 1.165) is 5.56 Å². The van der Waals surface area contributed by atoms with Gasteiger partial charge < -0.3 is 4.90 Å². The first-order valence-corrected chi connectivity index (χ1v) is 6.49. The van der Waals surface area contributed by atoms with E-state index >= 15 is 0 Å². The Labute approximate surface area is 125 Å². The van der Waals surface area contributed by atoms with E-state index in [-0.39, 0.29) is 5.69 Å². The molecule has 20 heavy (non-hydrogen) atoms. The number of rotatable bonds is 4. The summed E-state index contributed by atoms with van der Waals surface area (Å²) in [6, 6.07) is 8.21. The predicted molar refractivity (Wildman–Crippen MR) is 79.5 cm³/mol. The van der Waals surface area contributed by atoms with E-state index in [1.165, 1.54) is 18.3 Å². The zero-order chi connectivity index (χ0) is 14.7. The molecular weight excluding hydrogens is 301 g/mol. The lowest BCUT2D eigenvalue weighted by atomic mass is 10.2. The third kappa shape index (κ3) is 3.18. The predicted octanol–water partition coefficient (Wildman–Crippen LogP) is 3.93. The molecule has 0 unspecified atom stereocenters. The Morgan fingerprint density at radius 2 is 2.05 bits per heavy atom. The second kappa shape index (κ2) is 6.07. The number of hydrogen-bond acceptors (Lipinski definition) is 4. The summed E-state index contributed by atoms with van der Waals surface area (Å²) in [5.41, 5.74) is 0.858. The minimum atomic E-state index is -0.451. The molecule has 0 N–H and O–H groups in total. The van der Waals surface area contributed by atoms with E-state index in [0.29, 0.717) is 22.4 Å². The Balaban J connectivity index is 2.26. The molecule has 0 spiro atoms. The highest BCUT2D eigenvalue weighted by atomic mass is 35.5. The van der Waals surface area contributed by atoms with Gasteiger partial charge in [-0.2, -0.15) is 0 Å². The normalized spacial score (nSPS) is 10.3.